The molecule has 0 fully saturated rings. The maximum absolute atomic E-state index is 10.9. The number of benzene rings is 1. The summed E-state index contributed by atoms with van der Waals surface area (Å²) >= 11 is 0. The van der Waals surface area contributed by atoms with Crippen LogP contribution in [0.1, 0.15) is 5.56 Å². The summed E-state index contributed by atoms with van der Waals surface area (Å²) in [6.07, 6.45) is 0. The second kappa shape index (κ2) is 6.95. The molecule has 0 aliphatic carbocycles. The highest BCUT2D eigenvalue weighted by Crippen LogP contribution is 2.19. The predicted molar refractivity (Wildman–Crippen MR) is 66.5 cm³/mol. The molecule has 0 heterocycles. The van der Waals surface area contributed by atoms with Gasteiger partial charge in [-0.2, -0.15) is 0 Å². The van der Waals surface area contributed by atoms with Crippen LogP contribution in [0.15, 0.2) is 24.3 Å². The van der Waals surface area contributed by atoms with Crippen molar-refractivity contribution in [2.75, 3.05) is 26.2 Å². The summed E-state index contributed by atoms with van der Waals surface area (Å²) in [5, 5.41) is 10.9. The van der Waals surface area contributed by atoms with Gasteiger partial charge >= 0.3 is 0 Å². The molecule has 0 unspecified atom stereocenters. The number of rotatable bonds is 7. The van der Waals surface area contributed by atoms with E-state index in [0.29, 0.717) is 38.3 Å². The summed E-state index contributed by atoms with van der Waals surface area (Å²) in [5.74, 6) is 0. The summed E-state index contributed by atoms with van der Waals surface area (Å²) < 4.78 is 0. The van der Waals surface area contributed by atoms with Gasteiger partial charge in [-0.15, -0.1) is 0 Å². The highest BCUT2D eigenvalue weighted by atomic mass is 16.6. The van der Waals surface area contributed by atoms with Crippen molar-refractivity contribution in [1.82, 2.24) is 4.90 Å². The maximum Gasteiger partial charge on any atom is 0.273 e. The molecule has 0 aliphatic heterocycles. The average Bonchev–Trinajstić information content (AvgIpc) is 2.30. The lowest BCUT2D eigenvalue weighted by Gasteiger charge is -2.20. The van der Waals surface area contributed by atoms with Gasteiger partial charge in [-0.05, 0) is 0 Å². The second-order valence-corrected chi connectivity index (χ2v) is 3.74. The van der Waals surface area contributed by atoms with Crippen LogP contribution in [0.3, 0.4) is 0 Å². The van der Waals surface area contributed by atoms with Gasteiger partial charge in [0.05, 0.1) is 4.92 Å². The van der Waals surface area contributed by atoms with E-state index in [1.54, 1.807) is 18.2 Å². The van der Waals surface area contributed by atoms with E-state index >= 15 is 0 Å². The van der Waals surface area contributed by atoms with Gasteiger partial charge in [-0.25, -0.2) is 0 Å². The molecule has 0 aromatic heterocycles. The Kier molecular flexibility index (Phi) is 5.55. The summed E-state index contributed by atoms with van der Waals surface area (Å²) in [6.45, 7) is 2.90. The van der Waals surface area contributed by atoms with E-state index in [0.717, 1.165) is 0 Å². The third-order valence-corrected chi connectivity index (χ3v) is 2.47. The molecule has 6 heteroatoms. The van der Waals surface area contributed by atoms with E-state index < -0.39 is 0 Å². The van der Waals surface area contributed by atoms with Crippen LogP contribution in [0.25, 0.3) is 0 Å². The highest BCUT2D eigenvalue weighted by Gasteiger charge is 2.14. The zero-order valence-electron chi connectivity index (χ0n) is 9.71. The molecular weight excluding hydrogens is 220 g/mol. The molecular formula is C11H18N4O2. The Morgan fingerprint density at radius 2 is 1.76 bits per heavy atom. The van der Waals surface area contributed by atoms with E-state index in [4.69, 9.17) is 11.5 Å². The number of nitrogens with two attached hydrogens (primary N) is 2. The Hall–Kier alpha value is -1.50. The highest BCUT2D eigenvalue weighted by molar-refractivity contribution is 5.39. The van der Waals surface area contributed by atoms with Crippen LogP contribution < -0.4 is 11.5 Å². The van der Waals surface area contributed by atoms with E-state index in [9.17, 15) is 10.1 Å². The first kappa shape index (κ1) is 13.6. The van der Waals surface area contributed by atoms with Crippen LogP contribution in [-0.2, 0) is 6.54 Å². The molecule has 17 heavy (non-hydrogen) atoms. The van der Waals surface area contributed by atoms with Gasteiger partial charge in [0.15, 0.2) is 0 Å². The molecule has 0 saturated heterocycles. The molecule has 0 aliphatic rings. The van der Waals surface area contributed by atoms with E-state index in [-0.39, 0.29) is 10.6 Å². The van der Waals surface area contributed by atoms with Gasteiger partial charge in [0, 0.05) is 44.4 Å². The van der Waals surface area contributed by atoms with Crippen LogP contribution in [0, 0.1) is 10.1 Å². The Labute approximate surface area is 100 Å². The zero-order chi connectivity index (χ0) is 12.7. The lowest BCUT2D eigenvalue weighted by atomic mass is 10.1. The third kappa shape index (κ3) is 4.10. The minimum Gasteiger partial charge on any atom is -0.329 e. The Bertz CT molecular complexity index is 364. The molecule has 0 amide bonds. The fraction of sp³-hybridized carbons (Fsp3) is 0.455. The van der Waals surface area contributed by atoms with Crippen LogP contribution in [-0.4, -0.2) is 36.0 Å². The van der Waals surface area contributed by atoms with Crippen molar-refractivity contribution in [2.45, 2.75) is 6.54 Å². The first-order chi connectivity index (χ1) is 8.19. The van der Waals surface area contributed by atoms with Gasteiger partial charge in [0.25, 0.3) is 5.69 Å². The Morgan fingerprint density at radius 3 is 2.29 bits per heavy atom. The second-order valence-electron chi connectivity index (χ2n) is 3.74. The molecule has 6 nitrogen and oxygen atoms in total. The van der Waals surface area contributed by atoms with Crippen molar-refractivity contribution in [2.24, 2.45) is 11.5 Å². The molecule has 1 aromatic rings. The minimum absolute atomic E-state index is 0.145. The summed E-state index contributed by atoms with van der Waals surface area (Å²) in [4.78, 5) is 12.5. The molecule has 1 aromatic carbocycles. The van der Waals surface area contributed by atoms with Crippen molar-refractivity contribution in [3.05, 3.63) is 39.9 Å². The number of nitro benzene ring substituents is 1. The van der Waals surface area contributed by atoms with Gasteiger partial charge in [-0.1, -0.05) is 18.2 Å². The monoisotopic (exact) mass is 238 g/mol. The summed E-state index contributed by atoms with van der Waals surface area (Å²) in [7, 11) is 0. The molecule has 1 rings (SSSR count). The fourth-order valence-electron chi connectivity index (χ4n) is 1.70. The number of para-hydroxylation sites is 1. The number of nitrogens with zero attached hydrogens (tertiary/aromatic N) is 2. The molecule has 4 N–H and O–H groups in total. The standard InChI is InChI=1S/C11H18N4O2/c12-5-7-14(8-6-13)9-10-3-1-2-4-11(10)15(16)17/h1-4H,5-9,12-13H2. The van der Waals surface area contributed by atoms with Crippen LogP contribution >= 0.6 is 0 Å². The third-order valence-electron chi connectivity index (χ3n) is 2.47. The van der Waals surface area contributed by atoms with Gasteiger partial charge in [-0.3, -0.25) is 15.0 Å². The van der Waals surface area contributed by atoms with Gasteiger partial charge in [0.2, 0.25) is 0 Å². The fourth-order valence-corrected chi connectivity index (χ4v) is 1.70. The van der Waals surface area contributed by atoms with E-state index in [2.05, 4.69) is 0 Å². The lowest BCUT2D eigenvalue weighted by Crippen LogP contribution is -2.33. The molecule has 0 saturated carbocycles. The van der Waals surface area contributed by atoms with Gasteiger partial charge in [0.1, 0.15) is 0 Å². The lowest BCUT2D eigenvalue weighted by molar-refractivity contribution is -0.385. The normalized spacial score (nSPS) is 10.8. The van der Waals surface area contributed by atoms with Crippen molar-refractivity contribution in [3.8, 4) is 0 Å². The smallest absolute Gasteiger partial charge is 0.273 e. The zero-order valence-corrected chi connectivity index (χ0v) is 9.71. The van der Waals surface area contributed by atoms with Crippen LogP contribution in [0.2, 0.25) is 0 Å². The van der Waals surface area contributed by atoms with Crippen molar-refractivity contribution in [3.63, 3.8) is 0 Å². The molecule has 0 radical (unpaired) electrons. The molecule has 0 atom stereocenters. The van der Waals surface area contributed by atoms with Crippen molar-refractivity contribution >= 4 is 5.69 Å². The molecule has 94 valence electrons. The van der Waals surface area contributed by atoms with Crippen LogP contribution in [0.4, 0.5) is 5.69 Å². The largest absolute Gasteiger partial charge is 0.329 e. The number of hydrogen-bond acceptors (Lipinski definition) is 5. The number of nitro groups is 1. The van der Waals surface area contributed by atoms with Gasteiger partial charge < -0.3 is 11.5 Å². The number of hydrogen-bond donors (Lipinski definition) is 2. The summed E-state index contributed by atoms with van der Waals surface area (Å²) in [6, 6.07) is 6.74. The minimum atomic E-state index is -0.363. The topological polar surface area (TPSA) is 98.4 Å². The van der Waals surface area contributed by atoms with E-state index in [1.165, 1.54) is 6.07 Å². The SMILES string of the molecule is NCCN(CCN)Cc1ccccc1[N+](=O)[O-]. The van der Waals surface area contributed by atoms with Crippen molar-refractivity contribution < 1.29 is 4.92 Å². The van der Waals surface area contributed by atoms with Crippen molar-refractivity contribution in [1.29, 1.82) is 0 Å². The molecule has 0 spiro atoms. The Balaban J connectivity index is 2.80. The average molecular weight is 238 g/mol. The Morgan fingerprint density at radius 1 is 1.18 bits per heavy atom. The first-order valence-corrected chi connectivity index (χ1v) is 5.53. The van der Waals surface area contributed by atoms with E-state index in [1.807, 2.05) is 4.90 Å². The quantitative estimate of drug-likeness (QED) is 0.526. The van der Waals surface area contributed by atoms with Crippen LogP contribution in [0.5, 0.6) is 0 Å². The first-order valence-electron chi connectivity index (χ1n) is 5.53. The molecule has 0 bridgehead atoms. The summed E-state index contributed by atoms with van der Waals surface area (Å²) in [5.41, 5.74) is 11.8. The predicted octanol–water partition coefficient (Wildman–Crippen LogP) is 0.314. The maximum atomic E-state index is 10.9.